The van der Waals surface area contributed by atoms with Crippen molar-refractivity contribution in [1.29, 1.82) is 0 Å². The van der Waals surface area contributed by atoms with Crippen molar-refractivity contribution in [3.8, 4) is 5.75 Å². The largest absolute Gasteiger partial charge is 0.509 e. The van der Waals surface area contributed by atoms with Crippen LogP contribution in [0, 0.1) is 6.92 Å². The van der Waals surface area contributed by atoms with E-state index in [0.717, 1.165) is 5.56 Å². The third-order valence-corrected chi connectivity index (χ3v) is 3.34. The summed E-state index contributed by atoms with van der Waals surface area (Å²) in [5.74, 6) is -0.281. The molecule has 0 aromatic heterocycles. The zero-order valence-electron chi connectivity index (χ0n) is 8.64. The minimum absolute atomic E-state index is 0.0114. The molecule has 0 spiro atoms. The van der Waals surface area contributed by atoms with Gasteiger partial charge in [0.2, 0.25) is 5.85 Å². The van der Waals surface area contributed by atoms with Gasteiger partial charge in [-0.2, -0.15) is 0 Å². The van der Waals surface area contributed by atoms with E-state index < -0.39 is 20.0 Å². The van der Waals surface area contributed by atoms with Crippen molar-refractivity contribution in [3.63, 3.8) is 0 Å². The number of carbonyl (C=O) groups is 1. The van der Waals surface area contributed by atoms with Gasteiger partial charge >= 0.3 is 6.16 Å². The first-order chi connectivity index (χ1) is 7.65. The second-order valence-corrected chi connectivity index (χ2v) is 4.89. The van der Waals surface area contributed by atoms with E-state index in [9.17, 15) is 9.36 Å². The van der Waals surface area contributed by atoms with Crippen LogP contribution in [0.15, 0.2) is 24.3 Å². The topological polar surface area (TPSA) is 61.8 Å². The fourth-order valence-corrected chi connectivity index (χ4v) is 2.14. The summed E-state index contributed by atoms with van der Waals surface area (Å²) >= 11 is 0. The lowest BCUT2D eigenvalue weighted by molar-refractivity contribution is 0.127. The molecule has 0 aliphatic carbocycles. The van der Waals surface area contributed by atoms with Gasteiger partial charge in [0.15, 0.2) is 0 Å². The summed E-state index contributed by atoms with van der Waals surface area (Å²) in [4.78, 5) is 10.6. The van der Waals surface area contributed by atoms with Gasteiger partial charge in [-0.25, -0.2) is 4.79 Å². The van der Waals surface area contributed by atoms with Crippen molar-refractivity contribution in [2.45, 2.75) is 12.8 Å². The molecule has 86 valence electrons. The summed E-state index contributed by atoms with van der Waals surface area (Å²) in [5.41, 5.74) is 1.09. The van der Waals surface area contributed by atoms with E-state index in [1.807, 2.05) is 19.1 Å². The van der Waals surface area contributed by atoms with E-state index in [1.165, 1.54) is 0 Å². The quantitative estimate of drug-likeness (QED) is 0.601. The minimum Gasteiger partial charge on any atom is -0.442 e. The van der Waals surface area contributed by atoms with Crippen molar-refractivity contribution in [2.75, 3.05) is 6.61 Å². The molecule has 2 rings (SSSR count). The Hall–Kier alpha value is -1.48. The number of ether oxygens (including phenoxy) is 2. The van der Waals surface area contributed by atoms with Crippen LogP contribution in [-0.4, -0.2) is 18.6 Å². The number of cyclic esters (lactones) is 2. The van der Waals surface area contributed by atoms with E-state index in [1.54, 1.807) is 12.1 Å². The summed E-state index contributed by atoms with van der Waals surface area (Å²) in [5, 5.41) is 0. The summed E-state index contributed by atoms with van der Waals surface area (Å²) in [6.45, 7) is 1.93. The lowest BCUT2D eigenvalue weighted by Gasteiger charge is -2.09. The Bertz CT molecular complexity index is 414. The van der Waals surface area contributed by atoms with Crippen molar-refractivity contribution in [1.82, 2.24) is 0 Å². The lowest BCUT2D eigenvalue weighted by atomic mass is 10.2. The third kappa shape index (κ3) is 2.55. The summed E-state index contributed by atoms with van der Waals surface area (Å²) < 4.78 is 26.0. The van der Waals surface area contributed by atoms with Gasteiger partial charge in [-0.15, -0.1) is 0 Å². The van der Waals surface area contributed by atoms with Gasteiger partial charge < -0.3 is 14.0 Å². The molecule has 1 fully saturated rings. The Morgan fingerprint density at radius 1 is 1.38 bits per heavy atom. The molecule has 2 atom stereocenters. The van der Waals surface area contributed by atoms with Crippen molar-refractivity contribution in [2.24, 2.45) is 0 Å². The monoisotopic (exact) mass is 242 g/mol. The molecule has 1 aromatic carbocycles. The predicted octanol–water partition coefficient (Wildman–Crippen LogP) is 2.34. The van der Waals surface area contributed by atoms with E-state index >= 15 is 0 Å². The highest BCUT2D eigenvalue weighted by molar-refractivity contribution is 7.40. The molecule has 0 amide bonds. The molecule has 0 bridgehead atoms. The number of carbonyl (C=O) groups excluding carboxylic acids is 1. The highest BCUT2D eigenvalue weighted by atomic mass is 31.1. The van der Waals surface area contributed by atoms with E-state index in [2.05, 4.69) is 9.47 Å². The Morgan fingerprint density at radius 2 is 2.06 bits per heavy atom. The van der Waals surface area contributed by atoms with Gasteiger partial charge in [-0.1, -0.05) is 17.7 Å². The molecule has 1 aliphatic rings. The zero-order chi connectivity index (χ0) is 11.5. The van der Waals surface area contributed by atoms with Crippen molar-refractivity contribution >= 4 is 14.2 Å². The fourth-order valence-electron chi connectivity index (χ4n) is 1.23. The van der Waals surface area contributed by atoms with Crippen LogP contribution in [0.25, 0.3) is 0 Å². The summed E-state index contributed by atoms with van der Waals surface area (Å²) in [6, 6.07) is 7.13. The number of hydrogen-bond donors (Lipinski definition) is 0. The molecule has 0 saturated carbocycles. The maximum Gasteiger partial charge on any atom is 0.509 e. The fraction of sp³-hybridized carbons (Fsp3) is 0.300. The molecule has 6 heteroatoms. The number of rotatable bonds is 3. The highest BCUT2D eigenvalue weighted by Crippen LogP contribution is 2.35. The van der Waals surface area contributed by atoms with Gasteiger partial charge in [0.05, 0.1) is 0 Å². The average molecular weight is 242 g/mol. The van der Waals surface area contributed by atoms with Crippen LogP contribution in [0.1, 0.15) is 5.56 Å². The predicted molar refractivity (Wildman–Crippen MR) is 57.0 cm³/mol. The molecular weight excluding hydrogens is 231 g/mol. The van der Waals surface area contributed by atoms with Crippen molar-refractivity contribution in [3.05, 3.63) is 29.8 Å². The van der Waals surface area contributed by atoms with Crippen LogP contribution in [0.3, 0.4) is 0 Å². The molecule has 1 aliphatic heterocycles. The molecule has 0 N–H and O–H groups in total. The van der Waals surface area contributed by atoms with Gasteiger partial charge in [0, 0.05) is 0 Å². The summed E-state index contributed by atoms with van der Waals surface area (Å²) in [7, 11) is -2.48. The van der Waals surface area contributed by atoms with Crippen LogP contribution >= 0.6 is 8.03 Å². The molecule has 5 nitrogen and oxygen atoms in total. The normalized spacial score (nSPS) is 21.1. The molecular formula is C10H11O5P. The van der Waals surface area contributed by atoms with Gasteiger partial charge in [-0.3, -0.25) is 4.57 Å². The van der Waals surface area contributed by atoms with E-state index in [0.29, 0.717) is 5.75 Å². The molecule has 16 heavy (non-hydrogen) atoms. The maximum atomic E-state index is 11.7. The number of hydrogen-bond acceptors (Lipinski definition) is 5. The Morgan fingerprint density at radius 3 is 2.62 bits per heavy atom. The Balaban J connectivity index is 1.97. The van der Waals surface area contributed by atoms with Crippen LogP contribution in [0.4, 0.5) is 4.79 Å². The Kier molecular flexibility index (Phi) is 3.15. The SMILES string of the molecule is Cc1ccc(O[PH](=O)C2COC(=O)O2)cc1. The van der Waals surface area contributed by atoms with Gasteiger partial charge in [-0.05, 0) is 19.1 Å². The average Bonchev–Trinajstić information content (AvgIpc) is 2.68. The molecule has 1 aromatic rings. The van der Waals surface area contributed by atoms with Crippen LogP contribution in [-0.2, 0) is 14.0 Å². The molecule has 1 saturated heterocycles. The zero-order valence-corrected chi connectivity index (χ0v) is 9.64. The summed E-state index contributed by atoms with van der Waals surface area (Å²) in [6.07, 6.45) is -0.796. The lowest BCUT2D eigenvalue weighted by Crippen LogP contribution is -2.06. The first-order valence-corrected chi connectivity index (χ1v) is 6.16. The van der Waals surface area contributed by atoms with Crippen LogP contribution < -0.4 is 4.52 Å². The molecule has 1 heterocycles. The number of benzene rings is 1. The molecule has 2 unspecified atom stereocenters. The second-order valence-electron chi connectivity index (χ2n) is 3.40. The smallest absolute Gasteiger partial charge is 0.442 e. The van der Waals surface area contributed by atoms with E-state index in [-0.39, 0.29) is 6.61 Å². The first kappa shape index (κ1) is 11.0. The van der Waals surface area contributed by atoms with E-state index in [4.69, 9.17) is 4.52 Å². The standard InChI is InChI=1S/C10H11O5P/c1-7-2-4-8(5-3-7)15-16(12)9-6-13-10(11)14-9/h2-5,9,16H,6H2,1H3. The number of aryl methyl sites for hydroxylation is 1. The molecule has 0 radical (unpaired) electrons. The third-order valence-electron chi connectivity index (χ3n) is 2.09. The minimum atomic E-state index is -2.48. The van der Waals surface area contributed by atoms with Crippen LogP contribution in [0.2, 0.25) is 0 Å². The van der Waals surface area contributed by atoms with Crippen molar-refractivity contribution < 1.29 is 23.4 Å². The van der Waals surface area contributed by atoms with Gasteiger partial charge in [0.25, 0.3) is 8.03 Å². The van der Waals surface area contributed by atoms with Crippen LogP contribution in [0.5, 0.6) is 5.75 Å². The van der Waals surface area contributed by atoms with Gasteiger partial charge in [0.1, 0.15) is 12.4 Å². The highest BCUT2D eigenvalue weighted by Gasteiger charge is 2.31. The Labute approximate surface area is 93.2 Å². The maximum absolute atomic E-state index is 11.7. The second kappa shape index (κ2) is 4.58. The first-order valence-electron chi connectivity index (χ1n) is 4.77.